The van der Waals surface area contributed by atoms with Crippen molar-refractivity contribution in [3.63, 3.8) is 0 Å². The van der Waals surface area contributed by atoms with Crippen molar-refractivity contribution in [1.29, 1.82) is 0 Å². The third kappa shape index (κ3) is 3.43. The Kier molecular flexibility index (Phi) is 4.85. The first-order valence-electron chi connectivity index (χ1n) is 10.1. The Balaban J connectivity index is 1.45. The summed E-state index contributed by atoms with van der Waals surface area (Å²) in [5.74, 6) is 5.01. The van der Waals surface area contributed by atoms with Gasteiger partial charge in [0.2, 0.25) is 0 Å². The lowest BCUT2D eigenvalue weighted by atomic mass is 9.54. The monoisotopic (exact) mass is 357 g/mol. The maximum absolute atomic E-state index is 12.9. The van der Waals surface area contributed by atoms with Gasteiger partial charge in [-0.1, -0.05) is 13.8 Å². The second-order valence-electron chi connectivity index (χ2n) is 9.00. The molecular weight excluding hydrogens is 326 g/mol. The first-order chi connectivity index (χ1) is 12.5. The van der Waals surface area contributed by atoms with Crippen molar-refractivity contribution in [2.45, 2.75) is 52.0 Å². The van der Waals surface area contributed by atoms with Gasteiger partial charge in [0, 0.05) is 11.6 Å². The van der Waals surface area contributed by atoms with E-state index in [9.17, 15) is 4.79 Å². The highest BCUT2D eigenvalue weighted by Gasteiger charge is 2.48. The summed E-state index contributed by atoms with van der Waals surface area (Å²) in [7, 11) is 1.62. The quantitative estimate of drug-likeness (QED) is 0.826. The zero-order chi connectivity index (χ0) is 18.3. The molecule has 0 saturated heterocycles. The van der Waals surface area contributed by atoms with Crippen LogP contribution < -0.4 is 14.8 Å². The van der Waals surface area contributed by atoms with Crippen LogP contribution in [0.4, 0.5) is 0 Å². The summed E-state index contributed by atoms with van der Waals surface area (Å²) in [6, 6.07) is 5.87. The van der Waals surface area contributed by atoms with Crippen LogP contribution in [0.25, 0.3) is 0 Å². The van der Waals surface area contributed by atoms with Crippen LogP contribution in [0, 0.1) is 29.6 Å². The van der Waals surface area contributed by atoms with Gasteiger partial charge in [-0.25, -0.2) is 0 Å². The van der Waals surface area contributed by atoms with Gasteiger partial charge in [-0.15, -0.1) is 0 Å². The summed E-state index contributed by atoms with van der Waals surface area (Å²) < 4.78 is 11.2. The molecule has 4 fully saturated rings. The lowest BCUT2D eigenvalue weighted by Gasteiger charge is -2.54. The van der Waals surface area contributed by atoms with Gasteiger partial charge in [0.25, 0.3) is 5.91 Å². The minimum absolute atomic E-state index is 0.0242. The average Bonchev–Trinajstić information content (AvgIpc) is 2.62. The van der Waals surface area contributed by atoms with Gasteiger partial charge in [-0.2, -0.15) is 0 Å². The van der Waals surface area contributed by atoms with Crippen LogP contribution in [0.5, 0.6) is 11.5 Å². The van der Waals surface area contributed by atoms with E-state index in [-0.39, 0.29) is 5.91 Å². The zero-order valence-electron chi connectivity index (χ0n) is 16.2. The Hall–Kier alpha value is -1.71. The molecule has 1 amide bonds. The molecule has 4 saturated carbocycles. The Morgan fingerprint density at radius 2 is 1.73 bits per heavy atom. The van der Waals surface area contributed by atoms with Crippen LogP contribution in [-0.2, 0) is 0 Å². The van der Waals surface area contributed by atoms with Crippen LogP contribution >= 0.6 is 0 Å². The minimum atomic E-state index is 0.0242. The minimum Gasteiger partial charge on any atom is -0.493 e. The number of carbonyl (C=O) groups excluding carboxylic acids is 1. The van der Waals surface area contributed by atoms with E-state index in [1.807, 2.05) is 12.1 Å². The van der Waals surface area contributed by atoms with Crippen LogP contribution in [0.1, 0.15) is 56.3 Å². The molecule has 0 aliphatic heterocycles. The standard InChI is InChI=1S/C22H31NO3/c1-13(2)12-26-19-5-4-16(11-20(19)25-3)22(24)23-21-17-7-14-6-15(9-17)10-18(21)8-14/h4-5,11,13-15,17-18,21H,6-10,12H2,1-3H3,(H,23,24). The average molecular weight is 357 g/mol. The third-order valence-corrected chi connectivity index (χ3v) is 6.52. The first kappa shape index (κ1) is 17.7. The van der Waals surface area contributed by atoms with Gasteiger partial charge in [-0.05, 0) is 79.9 Å². The van der Waals surface area contributed by atoms with Crippen molar-refractivity contribution in [3.05, 3.63) is 23.8 Å². The highest BCUT2D eigenvalue weighted by atomic mass is 16.5. The van der Waals surface area contributed by atoms with Gasteiger partial charge < -0.3 is 14.8 Å². The number of hydrogen-bond donors (Lipinski definition) is 1. The summed E-state index contributed by atoms with van der Waals surface area (Å²) in [4.78, 5) is 12.9. The van der Waals surface area contributed by atoms with Crippen molar-refractivity contribution >= 4 is 5.91 Å². The molecule has 4 heteroatoms. The predicted molar refractivity (Wildman–Crippen MR) is 102 cm³/mol. The van der Waals surface area contributed by atoms with Crippen LogP contribution in [0.15, 0.2) is 18.2 Å². The number of rotatable bonds is 6. The van der Waals surface area contributed by atoms with Crippen molar-refractivity contribution in [2.24, 2.45) is 29.6 Å². The fourth-order valence-corrected chi connectivity index (χ4v) is 5.58. The van der Waals surface area contributed by atoms with E-state index in [2.05, 4.69) is 19.2 Å². The SMILES string of the molecule is COc1cc(C(=O)NC2C3CC4CC(C3)CC2C4)ccc1OCC(C)C. The van der Waals surface area contributed by atoms with Crippen LogP contribution in [0.2, 0.25) is 0 Å². The number of methoxy groups -OCH3 is 1. The van der Waals surface area contributed by atoms with Crippen LogP contribution in [0.3, 0.4) is 0 Å². The Morgan fingerprint density at radius 3 is 2.31 bits per heavy atom. The molecule has 26 heavy (non-hydrogen) atoms. The second-order valence-corrected chi connectivity index (χ2v) is 9.00. The molecule has 1 aromatic carbocycles. The highest BCUT2D eigenvalue weighted by molar-refractivity contribution is 5.95. The van der Waals surface area contributed by atoms with Gasteiger partial charge in [0.05, 0.1) is 13.7 Å². The predicted octanol–water partition coefficient (Wildman–Crippen LogP) is 4.28. The molecule has 1 N–H and O–H groups in total. The van der Waals surface area contributed by atoms with Crippen molar-refractivity contribution in [3.8, 4) is 11.5 Å². The van der Waals surface area contributed by atoms with Crippen molar-refractivity contribution < 1.29 is 14.3 Å². The molecule has 0 spiro atoms. The molecule has 0 heterocycles. The lowest BCUT2D eigenvalue weighted by Crippen LogP contribution is -2.55. The van der Waals surface area contributed by atoms with Crippen LogP contribution in [-0.4, -0.2) is 25.7 Å². The molecule has 4 nitrogen and oxygen atoms in total. The summed E-state index contributed by atoms with van der Waals surface area (Å²) in [5, 5.41) is 3.36. The second kappa shape index (κ2) is 7.13. The molecule has 4 bridgehead atoms. The fraction of sp³-hybridized carbons (Fsp3) is 0.682. The summed E-state index contributed by atoms with van der Waals surface area (Å²) in [6.07, 6.45) is 6.67. The Morgan fingerprint density at radius 1 is 1.08 bits per heavy atom. The number of amides is 1. The number of carbonyl (C=O) groups is 1. The van der Waals surface area contributed by atoms with Gasteiger partial charge >= 0.3 is 0 Å². The molecule has 4 aliphatic rings. The maximum Gasteiger partial charge on any atom is 0.251 e. The molecule has 0 unspecified atom stereocenters. The molecule has 142 valence electrons. The summed E-state index contributed by atoms with van der Waals surface area (Å²) in [5.41, 5.74) is 0.660. The molecule has 0 atom stereocenters. The molecule has 4 aliphatic carbocycles. The molecule has 5 rings (SSSR count). The summed E-state index contributed by atoms with van der Waals surface area (Å²) in [6.45, 7) is 4.86. The van der Waals surface area contributed by atoms with E-state index in [4.69, 9.17) is 9.47 Å². The largest absolute Gasteiger partial charge is 0.493 e. The maximum atomic E-state index is 12.9. The van der Waals surface area contributed by atoms with E-state index in [0.29, 0.717) is 47.5 Å². The number of nitrogens with one attached hydrogen (secondary N) is 1. The number of hydrogen-bond acceptors (Lipinski definition) is 3. The normalized spacial score (nSPS) is 31.9. The lowest BCUT2D eigenvalue weighted by molar-refractivity contribution is -0.0119. The van der Waals surface area contributed by atoms with Gasteiger partial charge in [-0.3, -0.25) is 4.79 Å². The van der Waals surface area contributed by atoms with Gasteiger partial charge in [0.15, 0.2) is 11.5 Å². The Bertz CT molecular complexity index is 641. The van der Waals surface area contributed by atoms with E-state index in [1.54, 1.807) is 13.2 Å². The van der Waals surface area contributed by atoms with E-state index in [1.165, 1.54) is 32.1 Å². The number of benzene rings is 1. The first-order valence-corrected chi connectivity index (χ1v) is 10.1. The molecule has 0 radical (unpaired) electrons. The van der Waals surface area contributed by atoms with Crippen molar-refractivity contribution in [2.75, 3.05) is 13.7 Å². The van der Waals surface area contributed by atoms with Gasteiger partial charge in [0.1, 0.15) is 0 Å². The highest BCUT2D eigenvalue weighted by Crippen LogP contribution is 2.53. The molecular formula is C22H31NO3. The number of ether oxygens (including phenoxy) is 2. The third-order valence-electron chi connectivity index (χ3n) is 6.52. The fourth-order valence-electron chi connectivity index (χ4n) is 5.58. The molecule has 1 aromatic rings. The van der Waals surface area contributed by atoms with E-state index >= 15 is 0 Å². The molecule has 0 aromatic heterocycles. The summed E-state index contributed by atoms with van der Waals surface area (Å²) >= 11 is 0. The van der Waals surface area contributed by atoms with E-state index in [0.717, 1.165) is 11.8 Å². The topological polar surface area (TPSA) is 47.6 Å². The Labute approximate surface area is 156 Å². The van der Waals surface area contributed by atoms with Crippen molar-refractivity contribution in [1.82, 2.24) is 5.32 Å². The van der Waals surface area contributed by atoms with E-state index < -0.39 is 0 Å². The zero-order valence-corrected chi connectivity index (χ0v) is 16.2. The smallest absolute Gasteiger partial charge is 0.251 e.